The highest BCUT2D eigenvalue weighted by molar-refractivity contribution is 7.89. The Morgan fingerprint density at radius 1 is 1.17 bits per heavy atom. The van der Waals surface area contributed by atoms with Crippen molar-refractivity contribution < 1.29 is 18.1 Å². The molecule has 0 amide bonds. The van der Waals surface area contributed by atoms with Gasteiger partial charge in [-0.15, -0.1) is 0 Å². The summed E-state index contributed by atoms with van der Waals surface area (Å²) in [5, 5.41) is 14.6. The van der Waals surface area contributed by atoms with Gasteiger partial charge in [0.15, 0.2) is 0 Å². The molecule has 0 saturated carbocycles. The molecule has 2 aliphatic rings. The average Bonchev–Trinajstić information content (AvgIpc) is 3.26. The minimum atomic E-state index is -3.87. The van der Waals surface area contributed by atoms with E-state index in [0.29, 0.717) is 37.4 Å². The van der Waals surface area contributed by atoms with Crippen molar-refractivity contribution >= 4 is 21.4 Å². The number of nitrogens with one attached hydrogen (secondary N) is 1. The molecule has 2 saturated heterocycles. The van der Waals surface area contributed by atoms with Crippen LogP contribution in [0.3, 0.4) is 0 Å². The summed E-state index contributed by atoms with van der Waals surface area (Å²) in [5.74, 6) is 0.519. The fourth-order valence-electron chi connectivity index (χ4n) is 4.15. The number of morpholine rings is 1. The second-order valence-electron chi connectivity index (χ2n) is 8.36. The van der Waals surface area contributed by atoms with Gasteiger partial charge in [0.2, 0.25) is 10.0 Å². The van der Waals surface area contributed by atoms with Crippen LogP contribution < -0.4 is 5.32 Å². The molecule has 30 heavy (non-hydrogen) atoms. The van der Waals surface area contributed by atoms with Gasteiger partial charge in [0.25, 0.3) is 5.69 Å². The van der Waals surface area contributed by atoms with Crippen molar-refractivity contribution in [1.29, 1.82) is 0 Å². The molecule has 3 rings (SSSR count). The summed E-state index contributed by atoms with van der Waals surface area (Å²) in [6, 6.07) is 4.33. The first-order chi connectivity index (χ1) is 14.3. The summed E-state index contributed by atoms with van der Waals surface area (Å²) in [6.07, 6.45) is 3.37. The lowest BCUT2D eigenvalue weighted by molar-refractivity contribution is -0.385. The number of hydrogen-bond donors (Lipinski definition) is 1. The molecular weight excluding hydrogens is 408 g/mol. The Bertz CT molecular complexity index is 834. The second-order valence-corrected chi connectivity index (χ2v) is 10.3. The van der Waals surface area contributed by atoms with Gasteiger partial charge in [-0.3, -0.25) is 15.0 Å². The maximum atomic E-state index is 13.3. The molecule has 2 heterocycles. The Morgan fingerprint density at radius 3 is 2.43 bits per heavy atom. The van der Waals surface area contributed by atoms with Gasteiger partial charge in [0.05, 0.1) is 23.8 Å². The van der Waals surface area contributed by atoms with Gasteiger partial charge in [-0.25, -0.2) is 8.42 Å². The van der Waals surface area contributed by atoms with Crippen LogP contribution in [0.1, 0.15) is 33.1 Å². The van der Waals surface area contributed by atoms with E-state index in [-0.39, 0.29) is 23.7 Å². The van der Waals surface area contributed by atoms with Gasteiger partial charge < -0.3 is 10.1 Å². The van der Waals surface area contributed by atoms with E-state index < -0.39 is 14.9 Å². The van der Waals surface area contributed by atoms with Crippen molar-refractivity contribution in [2.45, 2.75) is 44.0 Å². The lowest BCUT2D eigenvalue weighted by Gasteiger charge is -2.30. The van der Waals surface area contributed by atoms with Gasteiger partial charge in [-0.1, -0.05) is 13.8 Å². The number of likely N-dealkylation sites (tertiary alicyclic amines) is 1. The Labute approximate surface area is 178 Å². The molecule has 0 aliphatic carbocycles. The number of hydrogen-bond acceptors (Lipinski definition) is 7. The number of non-ortho nitro benzene ring substituents is 1. The molecule has 0 bridgehead atoms. The standard InChI is InChI=1S/C20H32N4O5S/c1-16(2)13-18(22-7-3-4-8-22)15-21-19-6-5-17(24(25)26)14-20(19)30(27,28)23-9-11-29-12-10-23/h5-6,14,16,18,21H,3-4,7-13,15H2,1-2H3. The van der Waals surface area contributed by atoms with E-state index in [0.717, 1.165) is 19.5 Å². The summed E-state index contributed by atoms with van der Waals surface area (Å²) in [6.45, 7) is 8.21. The molecule has 1 unspecified atom stereocenters. The van der Waals surface area contributed by atoms with E-state index in [2.05, 4.69) is 24.1 Å². The predicted octanol–water partition coefficient (Wildman–Crippen LogP) is 2.54. The third-order valence-electron chi connectivity index (χ3n) is 5.69. The van der Waals surface area contributed by atoms with Crippen molar-refractivity contribution in [3.05, 3.63) is 28.3 Å². The van der Waals surface area contributed by atoms with Crippen molar-refractivity contribution in [3.63, 3.8) is 0 Å². The first-order valence-electron chi connectivity index (χ1n) is 10.6. The summed E-state index contributed by atoms with van der Waals surface area (Å²) in [7, 11) is -3.87. The highest BCUT2D eigenvalue weighted by Gasteiger charge is 2.31. The SMILES string of the molecule is CC(C)CC(CNc1ccc([N+](=O)[O-])cc1S(=O)(=O)N1CCOCC1)N1CCCC1. The molecule has 0 radical (unpaired) electrons. The number of ether oxygens (including phenoxy) is 1. The quantitative estimate of drug-likeness (QED) is 0.465. The van der Waals surface area contributed by atoms with Gasteiger partial charge in [-0.05, 0) is 44.3 Å². The van der Waals surface area contributed by atoms with Crippen LogP contribution >= 0.6 is 0 Å². The Balaban J connectivity index is 1.86. The molecule has 1 aromatic rings. The van der Waals surface area contributed by atoms with Crippen LogP contribution in [0.4, 0.5) is 11.4 Å². The molecule has 1 aromatic carbocycles. The minimum absolute atomic E-state index is 0.0386. The molecule has 2 fully saturated rings. The topological polar surface area (TPSA) is 105 Å². The lowest BCUT2D eigenvalue weighted by atomic mass is 10.0. The predicted molar refractivity (Wildman–Crippen MR) is 115 cm³/mol. The number of nitrogens with zero attached hydrogens (tertiary/aromatic N) is 3. The molecule has 168 valence electrons. The molecule has 0 spiro atoms. The number of benzene rings is 1. The third kappa shape index (κ3) is 5.48. The van der Waals surface area contributed by atoms with Crippen LogP contribution in [0.5, 0.6) is 0 Å². The van der Waals surface area contributed by atoms with Crippen molar-refractivity contribution in [2.24, 2.45) is 5.92 Å². The van der Waals surface area contributed by atoms with Crippen LogP contribution in [0.15, 0.2) is 23.1 Å². The smallest absolute Gasteiger partial charge is 0.270 e. The van der Waals surface area contributed by atoms with Crippen molar-refractivity contribution in [3.8, 4) is 0 Å². The number of nitro benzene ring substituents is 1. The molecular formula is C20H32N4O5S. The zero-order chi connectivity index (χ0) is 21.7. The van der Waals surface area contributed by atoms with E-state index >= 15 is 0 Å². The maximum absolute atomic E-state index is 13.3. The first-order valence-corrected chi connectivity index (χ1v) is 12.1. The number of rotatable bonds is 9. The number of anilines is 1. The van der Waals surface area contributed by atoms with Gasteiger partial charge in [0.1, 0.15) is 4.90 Å². The molecule has 2 aliphatic heterocycles. The van der Waals surface area contributed by atoms with Gasteiger partial charge in [0, 0.05) is 37.8 Å². The second kappa shape index (κ2) is 10.0. The van der Waals surface area contributed by atoms with E-state index in [1.165, 1.54) is 35.3 Å². The van der Waals surface area contributed by atoms with Gasteiger partial charge >= 0.3 is 0 Å². The van der Waals surface area contributed by atoms with E-state index in [9.17, 15) is 18.5 Å². The van der Waals surface area contributed by atoms with Crippen LogP contribution in [0.2, 0.25) is 0 Å². The highest BCUT2D eigenvalue weighted by Crippen LogP contribution is 2.30. The summed E-state index contributed by atoms with van der Waals surface area (Å²) >= 11 is 0. The van der Waals surface area contributed by atoms with Gasteiger partial charge in [-0.2, -0.15) is 4.31 Å². The highest BCUT2D eigenvalue weighted by atomic mass is 32.2. The van der Waals surface area contributed by atoms with Crippen LogP contribution in [-0.4, -0.2) is 74.5 Å². The summed E-state index contributed by atoms with van der Waals surface area (Å²) < 4.78 is 33.1. The Morgan fingerprint density at radius 2 is 1.83 bits per heavy atom. The average molecular weight is 441 g/mol. The zero-order valence-electron chi connectivity index (χ0n) is 17.7. The summed E-state index contributed by atoms with van der Waals surface area (Å²) in [4.78, 5) is 13.1. The molecule has 1 N–H and O–H groups in total. The zero-order valence-corrected chi connectivity index (χ0v) is 18.6. The monoisotopic (exact) mass is 440 g/mol. The molecule has 9 nitrogen and oxygen atoms in total. The largest absolute Gasteiger partial charge is 0.382 e. The van der Waals surface area contributed by atoms with Crippen LogP contribution in [0.25, 0.3) is 0 Å². The van der Waals surface area contributed by atoms with Crippen LogP contribution in [0, 0.1) is 16.0 Å². The molecule has 0 aromatic heterocycles. The lowest BCUT2D eigenvalue weighted by Crippen LogP contribution is -2.41. The first kappa shape index (κ1) is 22.9. The van der Waals surface area contributed by atoms with Crippen molar-refractivity contribution in [1.82, 2.24) is 9.21 Å². The molecule has 1 atom stereocenters. The normalized spacial score (nSPS) is 19.8. The van der Waals surface area contributed by atoms with Crippen molar-refractivity contribution in [2.75, 3.05) is 51.3 Å². The Kier molecular flexibility index (Phi) is 7.67. The number of sulfonamides is 1. The summed E-state index contributed by atoms with van der Waals surface area (Å²) in [5.41, 5.74) is 0.186. The third-order valence-corrected chi connectivity index (χ3v) is 7.63. The Hall–Kier alpha value is -1.75. The van der Waals surface area contributed by atoms with E-state index in [4.69, 9.17) is 4.74 Å². The molecule has 10 heteroatoms. The van der Waals surface area contributed by atoms with Crippen LogP contribution in [-0.2, 0) is 14.8 Å². The fourth-order valence-corrected chi connectivity index (χ4v) is 5.75. The minimum Gasteiger partial charge on any atom is -0.382 e. The fraction of sp³-hybridized carbons (Fsp3) is 0.700. The van der Waals surface area contributed by atoms with E-state index in [1.54, 1.807) is 0 Å². The maximum Gasteiger partial charge on any atom is 0.270 e. The van der Waals surface area contributed by atoms with E-state index in [1.807, 2.05) is 0 Å². The number of nitro groups is 1.